The van der Waals surface area contributed by atoms with Gasteiger partial charge in [-0.15, -0.1) is 0 Å². The maximum absolute atomic E-state index is 15.4. The minimum atomic E-state index is -0.994. The fourth-order valence-corrected chi connectivity index (χ4v) is 9.20. The van der Waals surface area contributed by atoms with Crippen molar-refractivity contribution in [3.63, 3.8) is 0 Å². The van der Waals surface area contributed by atoms with Crippen LogP contribution < -0.4 is 14.5 Å². The van der Waals surface area contributed by atoms with Crippen LogP contribution >= 0.6 is 0 Å². The summed E-state index contributed by atoms with van der Waals surface area (Å²) in [6.07, 6.45) is 1.83. The number of rotatable bonds is 9. The van der Waals surface area contributed by atoms with E-state index in [2.05, 4.69) is 53.3 Å². The van der Waals surface area contributed by atoms with Crippen molar-refractivity contribution in [2.75, 3.05) is 16.5 Å². The first kappa shape index (κ1) is 37.0. The van der Waals surface area contributed by atoms with Crippen molar-refractivity contribution in [1.82, 2.24) is 9.55 Å². The third kappa shape index (κ3) is 7.64. The van der Waals surface area contributed by atoms with Crippen LogP contribution in [0.3, 0.4) is 0 Å². The second kappa shape index (κ2) is 16.6. The Labute approximate surface area is 391 Å². The molecule has 0 saturated carbocycles. The third-order valence-electron chi connectivity index (χ3n) is 12.4. The quantitative estimate of drug-likeness (QED) is 0.145. The third-order valence-corrected chi connectivity index (χ3v) is 12.4. The Balaban J connectivity index is 1.14. The van der Waals surface area contributed by atoms with E-state index in [1.165, 1.54) is 0 Å². The smallest absolute Gasteiger partial charge is 0.137 e. The molecule has 1 aliphatic heterocycles. The summed E-state index contributed by atoms with van der Waals surface area (Å²) < 4.78 is 97.6. The first-order valence-corrected chi connectivity index (χ1v) is 22.2. The van der Waals surface area contributed by atoms with Crippen LogP contribution in [0.1, 0.15) is 83.8 Å². The highest BCUT2D eigenvalue weighted by Crippen LogP contribution is 2.51. The minimum absolute atomic E-state index is 0.0208. The molecule has 0 saturated heterocycles. The molecule has 1 aliphatic rings. The van der Waals surface area contributed by atoms with E-state index < -0.39 is 35.6 Å². The van der Waals surface area contributed by atoms with Gasteiger partial charge in [0, 0.05) is 52.6 Å². The van der Waals surface area contributed by atoms with Crippen LogP contribution in [-0.4, -0.2) is 16.2 Å². The Morgan fingerprint density at radius 3 is 1.95 bits per heavy atom. The minimum Gasteiger partial charge on any atom is -0.457 e. The fraction of sp³-hybridized carbons (Fsp3) is 0.190. The van der Waals surface area contributed by atoms with Gasteiger partial charge in [-0.2, -0.15) is 0 Å². The summed E-state index contributed by atoms with van der Waals surface area (Å²) in [5, 5.41) is 2.05. The summed E-state index contributed by atoms with van der Waals surface area (Å²) in [7, 11) is 0. The molecular formula is C58H51F3N4O. The summed E-state index contributed by atoms with van der Waals surface area (Å²) in [6.45, 7) is 14.8. The molecule has 7 aromatic carbocycles. The van der Waals surface area contributed by atoms with Crippen molar-refractivity contribution < 1.29 is 24.8 Å². The lowest BCUT2D eigenvalue weighted by Crippen LogP contribution is -2.26. The Bertz CT molecular complexity index is 3540. The van der Waals surface area contributed by atoms with Crippen molar-refractivity contribution in [3.8, 4) is 39.6 Å². The molecule has 0 N–H and O–H groups in total. The first-order valence-electron chi connectivity index (χ1n) is 24.7. The van der Waals surface area contributed by atoms with E-state index in [9.17, 15) is 4.39 Å². The molecule has 0 aliphatic carbocycles. The number of fused-ring (bicyclic) bond motifs is 4. The molecule has 2 aromatic heterocycles. The molecule has 10 rings (SSSR count). The van der Waals surface area contributed by atoms with Gasteiger partial charge >= 0.3 is 0 Å². The molecule has 3 heterocycles. The monoisotopic (exact) mass is 881 g/mol. The maximum atomic E-state index is 15.4. The summed E-state index contributed by atoms with van der Waals surface area (Å²) >= 11 is 0. The van der Waals surface area contributed by atoms with Crippen LogP contribution in [-0.2, 0) is 5.41 Å². The lowest BCUT2D eigenvalue weighted by atomic mass is 9.87. The average Bonchev–Trinajstić information content (AvgIpc) is 3.88. The number of pyridine rings is 1. The second-order valence-electron chi connectivity index (χ2n) is 18.5. The van der Waals surface area contributed by atoms with Crippen LogP contribution in [0.15, 0.2) is 158 Å². The largest absolute Gasteiger partial charge is 0.457 e. The molecule has 330 valence electrons. The summed E-state index contributed by atoms with van der Waals surface area (Å²) in [5.41, 5.74) is 8.04. The van der Waals surface area contributed by atoms with E-state index in [0.29, 0.717) is 40.4 Å². The van der Waals surface area contributed by atoms with Crippen LogP contribution in [0.4, 0.5) is 35.9 Å². The predicted molar refractivity (Wildman–Crippen MR) is 265 cm³/mol. The van der Waals surface area contributed by atoms with Crippen LogP contribution in [0, 0.1) is 17.5 Å². The maximum Gasteiger partial charge on any atom is 0.137 e. The highest BCUT2D eigenvalue weighted by Gasteiger charge is 2.33. The van der Waals surface area contributed by atoms with Gasteiger partial charge in [0.05, 0.1) is 34.8 Å². The SMILES string of the molecule is [2H]c1c([2H])c([2H])c(-c2cc(Oc3ccc4c5ccccc5n(-c5cc(C(C)(C)C)ccn5)c4c3)cc(N3CN(c4c(C(C)C)cc(-c5c(F)cc(F)cc5F)cc4C(C)C)c4ccccc43)c2)c([2H])c1[2H]. The van der Waals surface area contributed by atoms with Gasteiger partial charge in [-0.3, -0.25) is 4.57 Å². The van der Waals surface area contributed by atoms with Gasteiger partial charge in [-0.1, -0.05) is 109 Å². The average molecular weight is 882 g/mol. The van der Waals surface area contributed by atoms with Crippen molar-refractivity contribution >= 4 is 44.6 Å². The zero-order chi connectivity index (χ0) is 50.4. The van der Waals surface area contributed by atoms with E-state index in [-0.39, 0.29) is 47.1 Å². The molecule has 0 atom stereocenters. The van der Waals surface area contributed by atoms with Gasteiger partial charge in [0.15, 0.2) is 0 Å². The number of para-hydroxylation sites is 3. The number of benzene rings is 7. The fourth-order valence-electron chi connectivity index (χ4n) is 9.20. The van der Waals surface area contributed by atoms with Gasteiger partial charge in [0.25, 0.3) is 0 Å². The summed E-state index contributed by atoms with van der Waals surface area (Å²) in [6, 6.07) is 34.3. The van der Waals surface area contributed by atoms with Crippen molar-refractivity contribution in [3.05, 3.63) is 192 Å². The van der Waals surface area contributed by atoms with E-state index in [4.69, 9.17) is 16.6 Å². The number of hydrogen-bond donors (Lipinski definition) is 0. The van der Waals surface area contributed by atoms with Gasteiger partial charge in [-0.05, 0) is 117 Å². The topological polar surface area (TPSA) is 33.5 Å². The molecule has 0 spiro atoms. The Morgan fingerprint density at radius 1 is 0.621 bits per heavy atom. The molecule has 66 heavy (non-hydrogen) atoms. The van der Waals surface area contributed by atoms with Crippen LogP contribution in [0.2, 0.25) is 0 Å². The second-order valence-corrected chi connectivity index (χ2v) is 18.5. The highest BCUT2D eigenvalue weighted by molar-refractivity contribution is 6.09. The standard InChI is InChI=1S/C58H51F3N4O/c1-35(2)47-27-39(56-49(60)30-41(59)31-50(56)61)28-48(36(3)4)57(47)64-34-63(52-19-13-14-20-53(52)64)42-25-38(37-15-9-8-10-16-37)26-44(32-42)66-43-21-22-46-45-17-11-12-18-51(45)65(54(46)33-43)55-29-40(23-24-62-55)58(5,6)7/h8-33,35-36H,34H2,1-7H3/i8D,9D,10D,15D,16D. The number of halogens is 3. The van der Waals surface area contributed by atoms with E-state index in [1.54, 1.807) is 18.2 Å². The van der Waals surface area contributed by atoms with Gasteiger partial charge in [-0.25, -0.2) is 18.2 Å². The molecule has 5 nitrogen and oxygen atoms in total. The van der Waals surface area contributed by atoms with Crippen molar-refractivity contribution in [2.24, 2.45) is 0 Å². The van der Waals surface area contributed by atoms with E-state index in [1.807, 2.05) is 107 Å². The number of ether oxygens (including phenoxy) is 1. The van der Waals surface area contributed by atoms with Gasteiger partial charge < -0.3 is 14.5 Å². The summed E-state index contributed by atoms with van der Waals surface area (Å²) in [4.78, 5) is 9.10. The van der Waals surface area contributed by atoms with E-state index >= 15 is 8.78 Å². The summed E-state index contributed by atoms with van der Waals surface area (Å²) in [5.74, 6) is -1.58. The first-order chi connectivity index (χ1) is 33.8. The number of aromatic nitrogens is 2. The molecule has 9 aromatic rings. The van der Waals surface area contributed by atoms with Crippen LogP contribution in [0.5, 0.6) is 11.5 Å². The van der Waals surface area contributed by atoms with Crippen LogP contribution in [0.25, 0.3) is 49.9 Å². The molecular weight excluding hydrogens is 826 g/mol. The molecule has 0 radical (unpaired) electrons. The van der Waals surface area contributed by atoms with E-state index in [0.717, 1.165) is 61.4 Å². The normalized spacial score (nSPS) is 13.9. The van der Waals surface area contributed by atoms with Crippen molar-refractivity contribution in [1.29, 1.82) is 0 Å². The zero-order valence-electron chi connectivity index (χ0n) is 42.8. The highest BCUT2D eigenvalue weighted by atomic mass is 19.1. The predicted octanol–water partition coefficient (Wildman–Crippen LogP) is 16.5. The number of hydrogen-bond acceptors (Lipinski definition) is 4. The Morgan fingerprint density at radius 2 is 1.27 bits per heavy atom. The molecule has 0 bridgehead atoms. The van der Waals surface area contributed by atoms with Gasteiger partial charge in [0.2, 0.25) is 0 Å². The Kier molecular flexibility index (Phi) is 9.29. The molecule has 0 amide bonds. The number of nitrogens with zero attached hydrogens (tertiary/aromatic N) is 4. The number of anilines is 4. The lowest BCUT2D eigenvalue weighted by molar-refractivity contribution is 0.483. The molecule has 0 fully saturated rings. The van der Waals surface area contributed by atoms with Crippen molar-refractivity contribution in [2.45, 2.75) is 65.7 Å². The molecule has 0 unspecified atom stereocenters. The van der Waals surface area contributed by atoms with Gasteiger partial charge in [0.1, 0.15) is 41.4 Å². The molecule has 8 heteroatoms. The lowest BCUT2D eigenvalue weighted by Gasteiger charge is -2.30. The Hall–Kier alpha value is -7.32. The zero-order valence-corrected chi connectivity index (χ0v) is 37.8.